The molecule has 7 N–H and O–H groups in total. The number of carbonyl (C=O) groups excluding carboxylic acids is 2. The number of carbonyl (C=O) groups is 2. The summed E-state index contributed by atoms with van der Waals surface area (Å²) in [5, 5.41) is 25.6. The van der Waals surface area contributed by atoms with Crippen molar-refractivity contribution in [3.63, 3.8) is 0 Å². The van der Waals surface area contributed by atoms with Crippen molar-refractivity contribution in [2.75, 3.05) is 23.9 Å². The Hall–Kier alpha value is -3.38. The molecule has 0 unspecified atom stereocenters. The lowest BCUT2D eigenvalue weighted by atomic mass is 10.1. The van der Waals surface area contributed by atoms with Crippen molar-refractivity contribution in [1.82, 2.24) is 10.3 Å². The molecule has 0 bridgehead atoms. The Morgan fingerprint density at radius 1 is 1.21 bits per heavy atom. The second-order valence-corrected chi connectivity index (χ2v) is 8.34. The van der Waals surface area contributed by atoms with Crippen LogP contribution in [0.15, 0.2) is 42.5 Å². The van der Waals surface area contributed by atoms with Gasteiger partial charge in [0.05, 0.1) is 6.04 Å². The van der Waals surface area contributed by atoms with Crippen molar-refractivity contribution in [2.24, 2.45) is 11.5 Å². The lowest BCUT2D eigenvalue weighted by molar-refractivity contribution is -0.640. The molecule has 2 aromatic rings. The second kappa shape index (κ2) is 12.6. The number of nitrogens with one attached hydrogen (secondary N) is 3. The van der Waals surface area contributed by atoms with E-state index in [0.717, 1.165) is 10.8 Å². The van der Waals surface area contributed by atoms with Gasteiger partial charge in [0.1, 0.15) is 0 Å². The quantitative estimate of drug-likeness (QED) is 0.101. The highest BCUT2D eigenvalue weighted by molar-refractivity contribution is 7.98. The molecule has 2 atom stereocenters. The van der Waals surface area contributed by atoms with Gasteiger partial charge in [0.15, 0.2) is 17.0 Å². The molecule has 2 rings (SSSR count). The van der Waals surface area contributed by atoms with Gasteiger partial charge < -0.3 is 22.1 Å². The molecule has 178 valence electrons. The molecule has 0 aliphatic carbocycles. The molecular weight excluding hydrogens is 446 g/mol. The Morgan fingerprint density at radius 3 is 2.55 bits per heavy atom. The Bertz CT molecular complexity index is 1000. The molecule has 0 saturated heterocycles. The second-order valence-electron chi connectivity index (χ2n) is 7.36. The van der Waals surface area contributed by atoms with Crippen molar-refractivity contribution in [1.29, 1.82) is 5.41 Å². The van der Waals surface area contributed by atoms with Gasteiger partial charge in [-0.05, 0) is 59.2 Å². The maximum absolute atomic E-state index is 13.1. The first-order valence-electron chi connectivity index (χ1n) is 10.3. The average Bonchev–Trinajstić information content (AvgIpc) is 2.78. The third-order valence-corrected chi connectivity index (χ3v) is 5.58. The zero-order valence-corrected chi connectivity index (χ0v) is 19.1. The van der Waals surface area contributed by atoms with E-state index in [1.54, 1.807) is 12.1 Å². The maximum Gasteiger partial charge on any atom is 0.300 e. The molecule has 0 aromatic heterocycles. The van der Waals surface area contributed by atoms with Gasteiger partial charge in [0.2, 0.25) is 0 Å². The summed E-state index contributed by atoms with van der Waals surface area (Å²) in [4.78, 5) is 37.7. The standard InChI is InChI=1S/C21H29N7O4S/c1-33-12-10-18(19(29)26-16-9-8-14-5-2-3-6-15(14)13-16)27(28(31)32)20(30)17(22)7-4-11-25-21(23)24/h2-3,5-6,8-9,13,17-18H,4,7,10-12,22H2,1H3,(H,26,29)(H4,23,24,25)/t17-,18-/m0/s1. The van der Waals surface area contributed by atoms with Crippen molar-refractivity contribution < 1.29 is 14.6 Å². The number of nitrogens with two attached hydrogens (primary N) is 2. The fourth-order valence-electron chi connectivity index (χ4n) is 3.27. The van der Waals surface area contributed by atoms with E-state index in [9.17, 15) is 19.7 Å². The number of hydrogen-bond acceptors (Lipinski definition) is 7. The number of nitrogens with zero attached hydrogens (tertiary/aromatic N) is 2. The van der Waals surface area contributed by atoms with Crippen LogP contribution in [0.5, 0.6) is 0 Å². The summed E-state index contributed by atoms with van der Waals surface area (Å²) in [5.74, 6) is -1.38. The maximum atomic E-state index is 13.1. The normalized spacial score (nSPS) is 12.5. The van der Waals surface area contributed by atoms with Gasteiger partial charge >= 0.3 is 5.91 Å². The van der Waals surface area contributed by atoms with Gasteiger partial charge in [-0.25, -0.2) is 10.1 Å². The predicted molar refractivity (Wildman–Crippen MR) is 130 cm³/mol. The predicted octanol–water partition coefficient (Wildman–Crippen LogP) is 1.51. The summed E-state index contributed by atoms with van der Waals surface area (Å²) < 4.78 is 0. The summed E-state index contributed by atoms with van der Waals surface area (Å²) >= 11 is 1.41. The average molecular weight is 476 g/mol. The third-order valence-electron chi connectivity index (χ3n) is 4.94. The van der Waals surface area contributed by atoms with Crippen molar-refractivity contribution in [2.45, 2.75) is 31.3 Å². The number of nitro groups is 1. The molecule has 11 nitrogen and oxygen atoms in total. The first kappa shape index (κ1) is 25.9. The van der Waals surface area contributed by atoms with Crippen LogP contribution in [0.3, 0.4) is 0 Å². The van der Waals surface area contributed by atoms with E-state index in [2.05, 4.69) is 10.6 Å². The van der Waals surface area contributed by atoms with Crippen LogP contribution in [0.25, 0.3) is 10.8 Å². The van der Waals surface area contributed by atoms with Crippen molar-refractivity contribution in [3.8, 4) is 0 Å². The first-order chi connectivity index (χ1) is 15.7. The smallest absolute Gasteiger partial charge is 0.300 e. The van der Waals surface area contributed by atoms with Crippen LogP contribution in [-0.4, -0.2) is 58.5 Å². The Kier molecular flexibility index (Phi) is 9.88. The zero-order chi connectivity index (χ0) is 24.4. The number of benzene rings is 2. The molecule has 0 saturated carbocycles. The summed E-state index contributed by atoms with van der Waals surface area (Å²) in [6.45, 7) is 0.299. The largest absolute Gasteiger partial charge is 0.370 e. The monoisotopic (exact) mass is 475 g/mol. The molecule has 33 heavy (non-hydrogen) atoms. The molecular formula is C21H29N7O4S. The number of hydrazine groups is 1. The number of rotatable bonds is 12. The number of amides is 2. The number of hydrogen-bond donors (Lipinski definition) is 5. The molecule has 0 radical (unpaired) electrons. The minimum Gasteiger partial charge on any atom is -0.370 e. The molecule has 2 aromatic carbocycles. The van der Waals surface area contributed by atoms with E-state index < -0.39 is 28.9 Å². The summed E-state index contributed by atoms with van der Waals surface area (Å²) in [6, 6.07) is 10.4. The van der Waals surface area contributed by atoms with Gasteiger partial charge in [0, 0.05) is 12.2 Å². The van der Waals surface area contributed by atoms with Crippen LogP contribution < -0.4 is 22.1 Å². The molecule has 12 heteroatoms. The molecule has 0 spiro atoms. The van der Waals surface area contributed by atoms with Crippen molar-refractivity contribution >= 4 is 46.0 Å². The summed E-state index contributed by atoms with van der Waals surface area (Å²) in [6.07, 6.45) is 2.40. The lowest BCUT2D eigenvalue weighted by Crippen LogP contribution is -2.55. The van der Waals surface area contributed by atoms with Gasteiger partial charge in [-0.15, -0.1) is 0 Å². The SMILES string of the molecule is CSCC[C@@H](C(=O)Nc1ccc2ccccc2c1)N(C(=O)[C@@H](N)CCCNC(=N)N)[N+](=O)[O-]. The number of thioether (sulfide) groups is 1. The fraction of sp³-hybridized carbons (Fsp3) is 0.381. The Balaban J connectivity index is 2.18. The van der Waals surface area contributed by atoms with Crippen LogP contribution in [0.1, 0.15) is 19.3 Å². The molecule has 0 fully saturated rings. The molecule has 0 heterocycles. The molecule has 2 amide bonds. The molecule has 0 aliphatic rings. The third kappa shape index (κ3) is 7.61. The highest BCUT2D eigenvalue weighted by Gasteiger charge is 2.40. The number of anilines is 1. The first-order valence-corrected chi connectivity index (χ1v) is 11.7. The van der Waals surface area contributed by atoms with Crippen LogP contribution in [0.2, 0.25) is 0 Å². The highest BCUT2D eigenvalue weighted by atomic mass is 32.2. The topological polar surface area (TPSA) is 180 Å². The Morgan fingerprint density at radius 2 is 1.91 bits per heavy atom. The lowest BCUT2D eigenvalue weighted by Gasteiger charge is -2.24. The van der Waals surface area contributed by atoms with Gasteiger partial charge in [-0.3, -0.25) is 15.0 Å². The van der Waals surface area contributed by atoms with Gasteiger partial charge in [0.25, 0.3) is 5.91 Å². The minimum absolute atomic E-state index is 0.0892. The van der Waals surface area contributed by atoms with E-state index >= 15 is 0 Å². The number of fused-ring (bicyclic) bond motifs is 1. The fourth-order valence-corrected chi connectivity index (χ4v) is 3.73. The zero-order valence-electron chi connectivity index (χ0n) is 18.3. The molecule has 0 aliphatic heterocycles. The van der Waals surface area contributed by atoms with Crippen LogP contribution in [0.4, 0.5) is 5.69 Å². The minimum atomic E-state index is -1.33. The Labute approximate surface area is 195 Å². The van der Waals surface area contributed by atoms with E-state index in [1.807, 2.05) is 36.6 Å². The van der Waals surface area contributed by atoms with Crippen LogP contribution in [-0.2, 0) is 9.59 Å². The van der Waals surface area contributed by atoms with Crippen LogP contribution >= 0.6 is 11.8 Å². The van der Waals surface area contributed by atoms with E-state index in [-0.39, 0.29) is 18.8 Å². The van der Waals surface area contributed by atoms with E-state index in [1.165, 1.54) is 11.8 Å². The van der Waals surface area contributed by atoms with Gasteiger partial charge in [-0.2, -0.15) is 11.8 Å². The summed E-state index contributed by atoms with van der Waals surface area (Å²) in [5.41, 5.74) is 11.6. The summed E-state index contributed by atoms with van der Waals surface area (Å²) in [7, 11) is 0. The number of guanidine groups is 1. The van der Waals surface area contributed by atoms with Gasteiger partial charge in [-0.1, -0.05) is 30.3 Å². The van der Waals surface area contributed by atoms with E-state index in [0.29, 0.717) is 29.4 Å². The van der Waals surface area contributed by atoms with E-state index in [4.69, 9.17) is 16.9 Å². The highest BCUT2D eigenvalue weighted by Crippen LogP contribution is 2.20. The van der Waals surface area contributed by atoms with Crippen LogP contribution in [0, 0.1) is 15.5 Å². The van der Waals surface area contributed by atoms with Crippen molar-refractivity contribution in [3.05, 3.63) is 52.6 Å².